The zero-order valence-electron chi connectivity index (χ0n) is 20.4. The lowest BCUT2D eigenvalue weighted by Crippen LogP contribution is -2.51. The zero-order chi connectivity index (χ0) is 25.0. The van der Waals surface area contributed by atoms with Crippen molar-refractivity contribution in [2.24, 2.45) is 0 Å². The van der Waals surface area contributed by atoms with Crippen LogP contribution in [0.2, 0.25) is 0 Å². The third kappa shape index (κ3) is 8.25. The molecule has 35 heavy (non-hydrogen) atoms. The number of carbonyl (C=O) groups excluding carboxylic acids is 2. The Bertz CT molecular complexity index is 1110. The number of rotatable bonds is 12. The van der Waals surface area contributed by atoms with E-state index in [1.165, 1.54) is 23.4 Å². The number of nitrogens with zero attached hydrogens (tertiary/aromatic N) is 1. The molecule has 0 aliphatic carbocycles. The highest BCUT2D eigenvalue weighted by Gasteiger charge is 2.30. The van der Waals surface area contributed by atoms with Gasteiger partial charge in [-0.2, -0.15) is 0 Å². The monoisotopic (exact) mass is 492 g/mol. The van der Waals surface area contributed by atoms with E-state index in [0.29, 0.717) is 24.3 Å². The van der Waals surface area contributed by atoms with E-state index in [9.17, 15) is 14.0 Å². The van der Waals surface area contributed by atoms with Gasteiger partial charge in [0.2, 0.25) is 11.8 Å². The van der Waals surface area contributed by atoms with Crippen molar-refractivity contribution in [1.29, 1.82) is 0 Å². The summed E-state index contributed by atoms with van der Waals surface area (Å²) in [6.45, 7) is 4.58. The van der Waals surface area contributed by atoms with Crippen LogP contribution in [0.1, 0.15) is 35.6 Å². The molecule has 0 saturated heterocycles. The highest BCUT2D eigenvalue weighted by atomic mass is 32.2. The van der Waals surface area contributed by atoms with Gasteiger partial charge in [0.15, 0.2) is 0 Å². The lowest BCUT2D eigenvalue weighted by atomic mass is 10.0. The van der Waals surface area contributed by atoms with Crippen LogP contribution in [0, 0.1) is 12.7 Å². The average molecular weight is 493 g/mol. The van der Waals surface area contributed by atoms with Crippen LogP contribution in [-0.2, 0) is 28.3 Å². The molecule has 6 heteroatoms. The van der Waals surface area contributed by atoms with E-state index < -0.39 is 6.04 Å². The number of nitrogens with one attached hydrogen (secondary N) is 1. The van der Waals surface area contributed by atoms with Gasteiger partial charge in [0.05, 0.1) is 5.75 Å². The van der Waals surface area contributed by atoms with Crippen molar-refractivity contribution in [3.63, 3.8) is 0 Å². The molecule has 2 amide bonds. The fourth-order valence-electron chi connectivity index (χ4n) is 3.87. The van der Waals surface area contributed by atoms with Crippen LogP contribution >= 0.6 is 11.8 Å². The van der Waals surface area contributed by atoms with Crippen molar-refractivity contribution in [3.8, 4) is 0 Å². The van der Waals surface area contributed by atoms with E-state index in [1.54, 1.807) is 23.1 Å². The van der Waals surface area contributed by atoms with E-state index in [1.807, 2.05) is 62.4 Å². The first-order chi connectivity index (χ1) is 17.0. The summed E-state index contributed by atoms with van der Waals surface area (Å²) in [7, 11) is 0. The molecule has 4 nitrogen and oxygen atoms in total. The Labute approximate surface area is 211 Å². The smallest absolute Gasteiger partial charge is 0.243 e. The molecule has 3 rings (SSSR count). The molecular weight excluding hydrogens is 459 g/mol. The summed E-state index contributed by atoms with van der Waals surface area (Å²) < 4.78 is 14.6. The second-order valence-electron chi connectivity index (χ2n) is 8.59. The maximum atomic E-state index is 14.6. The third-order valence-corrected chi connectivity index (χ3v) is 6.68. The van der Waals surface area contributed by atoms with Crippen LogP contribution in [0.15, 0.2) is 78.9 Å². The predicted molar refractivity (Wildman–Crippen MR) is 142 cm³/mol. The molecule has 0 heterocycles. The Morgan fingerprint density at radius 3 is 2.40 bits per heavy atom. The second-order valence-corrected chi connectivity index (χ2v) is 9.58. The van der Waals surface area contributed by atoms with Crippen LogP contribution < -0.4 is 5.32 Å². The standard InChI is InChI=1S/C29H33FN2O2S/c1-3-16-31-29(34)27(18-23-11-5-4-6-12-23)32(19-25-14-7-8-15-26(25)30)28(33)21-35-20-24-13-9-10-22(2)17-24/h4-15,17,27H,3,16,18-21H2,1-2H3,(H,31,34). The minimum absolute atomic E-state index is 0.0353. The van der Waals surface area contributed by atoms with Gasteiger partial charge in [0, 0.05) is 30.8 Å². The van der Waals surface area contributed by atoms with Gasteiger partial charge < -0.3 is 10.2 Å². The SMILES string of the molecule is CCCNC(=O)C(Cc1ccccc1)N(Cc1ccccc1F)C(=O)CSCc1cccc(C)c1. The summed E-state index contributed by atoms with van der Waals surface area (Å²) in [5, 5.41) is 2.94. The number of hydrogen-bond acceptors (Lipinski definition) is 3. The summed E-state index contributed by atoms with van der Waals surface area (Å²) in [6.07, 6.45) is 1.15. The van der Waals surface area contributed by atoms with E-state index in [0.717, 1.165) is 17.5 Å². The lowest BCUT2D eigenvalue weighted by Gasteiger charge is -2.31. The summed E-state index contributed by atoms with van der Waals surface area (Å²) >= 11 is 1.50. The van der Waals surface area contributed by atoms with Crippen LogP contribution in [0.4, 0.5) is 4.39 Å². The molecule has 0 spiro atoms. The van der Waals surface area contributed by atoms with Crippen LogP contribution in [-0.4, -0.2) is 35.1 Å². The van der Waals surface area contributed by atoms with Gasteiger partial charge in [-0.3, -0.25) is 9.59 Å². The number of carbonyl (C=O) groups is 2. The van der Waals surface area contributed by atoms with Gasteiger partial charge in [0.25, 0.3) is 0 Å². The molecule has 3 aromatic carbocycles. The molecule has 0 aliphatic rings. The maximum Gasteiger partial charge on any atom is 0.243 e. The molecule has 184 valence electrons. The van der Waals surface area contributed by atoms with Crippen molar-refractivity contribution < 1.29 is 14.0 Å². The molecule has 0 aliphatic heterocycles. The van der Waals surface area contributed by atoms with Crippen LogP contribution in [0.25, 0.3) is 0 Å². The van der Waals surface area contributed by atoms with Crippen molar-refractivity contribution in [2.75, 3.05) is 12.3 Å². The lowest BCUT2D eigenvalue weighted by molar-refractivity contribution is -0.139. The van der Waals surface area contributed by atoms with Crippen LogP contribution in [0.3, 0.4) is 0 Å². The molecular formula is C29H33FN2O2S. The third-order valence-electron chi connectivity index (χ3n) is 5.70. The van der Waals surface area contributed by atoms with Crippen molar-refractivity contribution in [3.05, 3.63) is 107 Å². The summed E-state index contributed by atoms with van der Waals surface area (Å²) in [4.78, 5) is 28.3. The molecule has 0 bridgehead atoms. The molecule has 0 aromatic heterocycles. The number of thioether (sulfide) groups is 1. The van der Waals surface area contributed by atoms with Crippen LogP contribution in [0.5, 0.6) is 0 Å². The van der Waals surface area contributed by atoms with E-state index in [-0.39, 0.29) is 29.9 Å². The molecule has 3 aromatic rings. The van der Waals surface area contributed by atoms with Gasteiger partial charge in [-0.1, -0.05) is 85.3 Å². The highest BCUT2D eigenvalue weighted by Crippen LogP contribution is 2.20. The Morgan fingerprint density at radius 2 is 1.69 bits per heavy atom. The highest BCUT2D eigenvalue weighted by molar-refractivity contribution is 7.99. The number of aryl methyl sites for hydroxylation is 1. The summed E-state index contributed by atoms with van der Waals surface area (Å²) in [5.74, 6) is 0.105. The van der Waals surface area contributed by atoms with Crippen molar-refractivity contribution in [1.82, 2.24) is 10.2 Å². The molecule has 1 atom stereocenters. The average Bonchev–Trinajstić information content (AvgIpc) is 2.86. The normalized spacial score (nSPS) is 11.6. The van der Waals surface area contributed by atoms with Gasteiger partial charge in [-0.25, -0.2) is 4.39 Å². The zero-order valence-corrected chi connectivity index (χ0v) is 21.2. The van der Waals surface area contributed by atoms with Gasteiger partial charge in [-0.15, -0.1) is 11.8 Å². The first-order valence-corrected chi connectivity index (χ1v) is 13.1. The Kier molecular flexibility index (Phi) is 10.4. The van der Waals surface area contributed by atoms with Gasteiger partial charge >= 0.3 is 0 Å². The molecule has 1 N–H and O–H groups in total. The topological polar surface area (TPSA) is 49.4 Å². The van der Waals surface area contributed by atoms with Crippen molar-refractivity contribution >= 4 is 23.6 Å². The van der Waals surface area contributed by atoms with E-state index >= 15 is 0 Å². The Morgan fingerprint density at radius 1 is 0.971 bits per heavy atom. The van der Waals surface area contributed by atoms with Crippen molar-refractivity contribution in [2.45, 2.75) is 45.0 Å². The van der Waals surface area contributed by atoms with E-state index in [4.69, 9.17) is 0 Å². The number of halogens is 1. The predicted octanol–water partition coefficient (Wildman–Crippen LogP) is 5.53. The Hall–Kier alpha value is -3.12. The fourth-order valence-corrected chi connectivity index (χ4v) is 4.73. The summed E-state index contributed by atoms with van der Waals surface area (Å²) in [6, 6.07) is 23.5. The fraction of sp³-hybridized carbons (Fsp3) is 0.310. The molecule has 1 unspecified atom stereocenters. The number of hydrogen-bond donors (Lipinski definition) is 1. The van der Waals surface area contributed by atoms with Gasteiger partial charge in [0.1, 0.15) is 11.9 Å². The number of benzene rings is 3. The minimum Gasteiger partial charge on any atom is -0.354 e. The minimum atomic E-state index is -0.740. The molecule has 0 fully saturated rings. The first-order valence-electron chi connectivity index (χ1n) is 12.0. The maximum absolute atomic E-state index is 14.6. The molecule has 0 radical (unpaired) electrons. The summed E-state index contributed by atoms with van der Waals surface area (Å²) in [5.41, 5.74) is 3.66. The molecule has 0 saturated carbocycles. The largest absolute Gasteiger partial charge is 0.354 e. The quantitative estimate of drug-likeness (QED) is 0.362. The number of amides is 2. The van der Waals surface area contributed by atoms with Gasteiger partial charge in [-0.05, 0) is 30.5 Å². The Balaban J connectivity index is 1.84. The van der Waals surface area contributed by atoms with E-state index in [2.05, 4.69) is 11.4 Å². The first kappa shape index (κ1) is 26.5. The second kappa shape index (κ2) is 13.7.